The zero-order valence-electron chi connectivity index (χ0n) is 14.4. The molecule has 1 atom stereocenters. The molecular formula is C20H21FN2O2. The van der Waals surface area contributed by atoms with E-state index in [1.54, 1.807) is 17.9 Å². The number of amides is 2. The maximum Gasteiger partial charge on any atom is 0.229 e. The van der Waals surface area contributed by atoms with E-state index in [4.69, 9.17) is 0 Å². The van der Waals surface area contributed by atoms with E-state index in [9.17, 15) is 14.0 Å². The summed E-state index contributed by atoms with van der Waals surface area (Å²) in [6.45, 7) is 4.67. The van der Waals surface area contributed by atoms with Crippen molar-refractivity contribution in [2.75, 3.05) is 11.9 Å². The van der Waals surface area contributed by atoms with Crippen molar-refractivity contribution in [1.82, 2.24) is 4.90 Å². The Morgan fingerprint density at radius 1 is 1.20 bits per heavy atom. The molecule has 5 heteroatoms. The quantitative estimate of drug-likeness (QED) is 0.927. The minimum absolute atomic E-state index is 0.0171. The smallest absolute Gasteiger partial charge is 0.229 e. The van der Waals surface area contributed by atoms with Gasteiger partial charge < -0.3 is 10.2 Å². The average molecular weight is 340 g/mol. The third kappa shape index (κ3) is 4.05. The van der Waals surface area contributed by atoms with E-state index in [2.05, 4.69) is 5.32 Å². The molecule has 130 valence electrons. The fourth-order valence-corrected chi connectivity index (χ4v) is 3.02. The van der Waals surface area contributed by atoms with E-state index >= 15 is 0 Å². The molecule has 0 unspecified atom stereocenters. The average Bonchev–Trinajstić information content (AvgIpc) is 2.93. The fourth-order valence-electron chi connectivity index (χ4n) is 3.02. The van der Waals surface area contributed by atoms with Crippen LogP contribution in [0.3, 0.4) is 0 Å². The number of carbonyl (C=O) groups excluding carboxylic acids is 2. The number of benzene rings is 2. The normalized spacial score (nSPS) is 17.0. The Hall–Kier alpha value is -2.69. The zero-order chi connectivity index (χ0) is 18.0. The van der Waals surface area contributed by atoms with Gasteiger partial charge in [-0.3, -0.25) is 9.59 Å². The molecule has 2 amide bonds. The number of nitrogens with one attached hydrogen (secondary N) is 1. The highest BCUT2D eigenvalue weighted by Gasteiger charge is 2.34. The molecule has 0 aromatic heterocycles. The maximum absolute atomic E-state index is 13.2. The van der Waals surface area contributed by atoms with Gasteiger partial charge >= 0.3 is 0 Å². The highest BCUT2D eigenvalue weighted by Crippen LogP contribution is 2.23. The predicted molar refractivity (Wildman–Crippen MR) is 94.5 cm³/mol. The van der Waals surface area contributed by atoms with Crippen molar-refractivity contribution >= 4 is 17.5 Å². The van der Waals surface area contributed by atoms with Crippen LogP contribution in [0.1, 0.15) is 23.1 Å². The topological polar surface area (TPSA) is 49.4 Å². The first-order valence-corrected chi connectivity index (χ1v) is 8.32. The molecule has 0 bridgehead atoms. The summed E-state index contributed by atoms with van der Waals surface area (Å²) < 4.78 is 13.2. The van der Waals surface area contributed by atoms with Crippen LogP contribution >= 0.6 is 0 Å². The van der Waals surface area contributed by atoms with E-state index in [-0.39, 0.29) is 30.0 Å². The molecule has 1 saturated heterocycles. The van der Waals surface area contributed by atoms with Crippen molar-refractivity contribution in [2.24, 2.45) is 5.92 Å². The Balaban J connectivity index is 1.63. The number of rotatable bonds is 4. The molecule has 2 aromatic carbocycles. The molecule has 3 rings (SSSR count). The van der Waals surface area contributed by atoms with Gasteiger partial charge in [-0.15, -0.1) is 0 Å². The molecular weight excluding hydrogens is 319 g/mol. The summed E-state index contributed by atoms with van der Waals surface area (Å²) in [7, 11) is 0. The van der Waals surface area contributed by atoms with Crippen molar-refractivity contribution in [3.63, 3.8) is 0 Å². The number of hydrogen-bond donors (Lipinski definition) is 1. The van der Waals surface area contributed by atoms with Gasteiger partial charge in [-0.2, -0.15) is 0 Å². The van der Waals surface area contributed by atoms with Crippen molar-refractivity contribution < 1.29 is 14.0 Å². The number of carbonyl (C=O) groups is 2. The summed E-state index contributed by atoms with van der Waals surface area (Å²) in [5.41, 5.74) is 3.46. The summed E-state index contributed by atoms with van der Waals surface area (Å²) in [6.07, 6.45) is 0.206. The van der Waals surface area contributed by atoms with Gasteiger partial charge in [0.05, 0.1) is 5.92 Å². The Labute approximate surface area is 146 Å². The molecule has 0 saturated carbocycles. The first kappa shape index (κ1) is 17.1. The third-order valence-electron chi connectivity index (χ3n) is 4.53. The molecule has 1 aliphatic rings. The highest BCUT2D eigenvalue weighted by molar-refractivity contribution is 5.97. The van der Waals surface area contributed by atoms with Crippen LogP contribution < -0.4 is 5.32 Å². The second-order valence-corrected chi connectivity index (χ2v) is 6.61. The lowest BCUT2D eigenvalue weighted by molar-refractivity contribution is -0.128. The van der Waals surface area contributed by atoms with Crippen LogP contribution in [0.2, 0.25) is 0 Å². The summed E-state index contributed by atoms with van der Waals surface area (Å²) in [5.74, 6) is -0.941. The van der Waals surface area contributed by atoms with E-state index < -0.39 is 0 Å². The molecule has 0 aliphatic carbocycles. The minimum Gasteiger partial charge on any atom is -0.338 e. The summed E-state index contributed by atoms with van der Waals surface area (Å²) in [5, 5.41) is 2.81. The summed E-state index contributed by atoms with van der Waals surface area (Å²) in [6, 6.07) is 12.2. The van der Waals surface area contributed by atoms with Crippen LogP contribution in [0.25, 0.3) is 0 Å². The van der Waals surface area contributed by atoms with Gasteiger partial charge in [0, 0.05) is 25.2 Å². The van der Waals surface area contributed by atoms with Crippen molar-refractivity contribution in [3.05, 3.63) is 65.0 Å². The lowest BCUT2D eigenvalue weighted by atomic mass is 10.1. The predicted octanol–water partition coefficient (Wildman–Crippen LogP) is 3.43. The van der Waals surface area contributed by atoms with E-state index in [1.807, 2.05) is 31.2 Å². The van der Waals surface area contributed by atoms with E-state index in [0.717, 1.165) is 5.56 Å². The van der Waals surface area contributed by atoms with Gasteiger partial charge in [0.25, 0.3) is 0 Å². The summed E-state index contributed by atoms with van der Waals surface area (Å²) >= 11 is 0. The van der Waals surface area contributed by atoms with Gasteiger partial charge in [0.15, 0.2) is 0 Å². The second kappa shape index (κ2) is 7.05. The van der Waals surface area contributed by atoms with Crippen LogP contribution in [0.4, 0.5) is 10.1 Å². The van der Waals surface area contributed by atoms with Gasteiger partial charge in [-0.25, -0.2) is 4.39 Å². The van der Waals surface area contributed by atoms with Crippen molar-refractivity contribution in [3.8, 4) is 0 Å². The largest absolute Gasteiger partial charge is 0.338 e. The Morgan fingerprint density at radius 3 is 2.60 bits per heavy atom. The van der Waals surface area contributed by atoms with Gasteiger partial charge in [-0.05, 0) is 43.2 Å². The van der Waals surface area contributed by atoms with Crippen molar-refractivity contribution in [1.29, 1.82) is 0 Å². The maximum atomic E-state index is 13.2. The minimum atomic E-state index is -0.387. The lowest BCUT2D eigenvalue weighted by Crippen LogP contribution is -2.28. The van der Waals surface area contributed by atoms with Crippen LogP contribution in [-0.2, 0) is 16.1 Å². The molecule has 0 radical (unpaired) electrons. The summed E-state index contributed by atoms with van der Waals surface area (Å²) in [4.78, 5) is 26.4. The first-order chi connectivity index (χ1) is 11.9. The van der Waals surface area contributed by atoms with Crippen molar-refractivity contribution in [2.45, 2.75) is 26.8 Å². The third-order valence-corrected chi connectivity index (χ3v) is 4.53. The molecule has 1 aliphatic heterocycles. The molecule has 0 spiro atoms. The monoisotopic (exact) mass is 340 g/mol. The highest BCUT2D eigenvalue weighted by atomic mass is 19.1. The van der Waals surface area contributed by atoms with Gasteiger partial charge in [0.1, 0.15) is 5.82 Å². The van der Waals surface area contributed by atoms with Crippen LogP contribution in [0.15, 0.2) is 42.5 Å². The number of anilines is 1. The number of halogens is 1. The second-order valence-electron chi connectivity index (χ2n) is 6.61. The lowest BCUT2D eigenvalue weighted by Gasteiger charge is -2.17. The van der Waals surface area contributed by atoms with Gasteiger partial charge in [-0.1, -0.05) is 29.8 Å². The zero-order valence-corrected chi connectivity index (χ0v) is 14.4. The Bertz CT molecular complexity index is 802. The van der Waals surface area contributed by atoms with Gasteiger partial charge in [0.2, 0.25) is 11.8 Å². The van der Waals surface area contributed by atoms with Crippen LogP contribution in [0, 0.1) is 25.6 Å². The molecule has 2 aromatic rings. The van der Waals surface area contributed by atoms with E-state index in [1.165, 1.54) is 17.7 Å². The van der Waals surface area contributed by atoms with Crippen LogP contribution in [-0.4, -0.2) is 23.3 Å². The SMILES string of the molecule is Cc1ccc(CN2C[C@H](C(=O)Nc3ccc(F)cc3C)CC2=O)cc1. The molecule has 4 nitrogen and oxygen atoms in total. The van der Waals surface area contributed by atoms with E-state index in [0.29, 0.717) is 24.3 Å². The number of aryl methyl sites for hydroxylation is 2. The number of likely N-dealkylation sites (tertiary alicyclic amines) is 1. The number of hydrogen-bond acceptors (Lipinski definition) is 2. The standard InChI is InChI=1S/C20H21FN2O2/c1-13-3-5-15(6-4-13)11-23-12-16(10-19(23)24)20(25)22-18-8-7-17(21)9-14(18)2/h3-9,16H,10-12H2,1-2H3,(H,22,25)/t16-/m1/s1. The Morgan fingerprint density at radius 2 is 1.92 bits per heavy atom. The molecule has 25 heavy (non-hydrogen) atoms. The first-order valence-electron chi connectivity index (χ1n) is 8.32. The van der Waals surface area contributed by atoms with Crippen LogP contribution in [0.5, 0.6) is 0 Å². The number of nitrogens with zero attached hydrogens (tertiary/aromatic N) is 1. The molecule has 1 heterocycles. The Kier molecular flexibility index (Phi) is 4.83. The molecule has 1 N–H and O–H groups in total. The fraction of sp³-hybridized carbons (Fsp3) is 0.300. The molecule has 1 fully saturated rings.